The first-order valence-electron chi connectivity index (χ1n) is 8.42. The van der Waals surface area contributed by atoms with Crippen molar-refractivity contribution in [2.45, 2.75) is 18.3 Å². The van der Waals surface area contributed by atoms with Gasteiger partial charge in [0, 0.05) is 24.2 Å². The molecule has 4 aromatic rings. The Morgan fingerprint density at radius 2 is 1.96 bits per heavy atom. The number of H-pyrrole nitrogens is 2. The minimum atomic E-state index is -0.533. The summed E-state index contributed by atoms with van der Waals surface area (Å²) in [4.78, 5) is 32.6. The molecule has 0 spiro atoms. The number of imidazole rings is 1. The normalized spacial score (nSPS) is 18.9. The molecule has 0 amide bonds. The molecule has 0 radical (unpaired) electrons. The van der Waals surface area contributed by atoms with Crippen molar-refractivity contribution in [3.63, 3.8) is 0 Å². The lowest BCUT2D eigenvalue weighted by Gasteiger charge is -2.07. The summed E-state index contributed by atoms with van der Waals surface area (Å²) in [5, 5.41) is 4.48. The van der Waals surface area contributed by atoms with Crippen LogP contribution in [0.2, 0.25) is 0 Å². The molecule has 1 aromatic carbocycles. The van der Waals surface area contributed by atoms with Crippen LogP contribution in [-0.4, -0.2) is 24.6 Å². The third-order valence-electron chi connectivity index (χ3n) is 4.90. The highest BCUT2D eigenvalue weighted by molar-refractivity contribution is 5.63. The Kier molecular flexibility index (Phi) is 3.15. The average molecular weight is 345 g/mol. The summed E-state index contributed by atoms with van der Waals surface area (Å²) >= 11 is 0. The van der Waals surface area contributed by atoms with Gasteiger partial charge in [-0.1, -0.05) is 30.3 Å². The highest BCUT2D eigenvalue weighted by Crippen LogP contribution is 2.55. The van der Waals surface area contributed by atoms with E-state index in [4.69, 9.17) is 0 Å². The summed E-state index contributed by atoms with van der Waals surface area (Å²) in [6.07, 6.45) is 5.91. The number of nitrogens with one attached hydrogen (secondary N) is 2. The lowest BCUT2D eigenvalue weighted by atomic mass is 10.0. The Bertz CT molecular complexity index is 1220. The molecule has 1 aliphatic rings. The molecule has 3 aromatic heterocycles. The molecule has 1 saturated carbocycles. The molecule has 0 unspecified atom stereocenters. The van der Waals surface area contributed by atoms with E-state index in [9.17, 15) is 9.59 Å². The predicted octanol–water partition coefficient (Wildman–Crippen LogP) is 2.04. The molecule has 2 N–H and O–H groups in total. The maximum Gasteiger partial charge on any atom is 0.325 e. The molecular weight excluding hydrogens is 330 g/mol. The third kappa shape index (κ3) is 2.36. The number of aromatic amines is 2. The molecule has 1 aliphatic carbocycles. The van der Waals surface area contributed by atoms with Gasteiger partial charge in [-0.15, -0.1) is 0 Å². The van der Waals surface area contributed by atoms with Crippen molar-refractivity contribution >= 4 is 5.65 Å². The van der Waals surface area contributed by atoms with E-state index in [1.54, 1.807) is 16.9 Å². The Balaban J connectivity index is 1.63. The molecule has 5 rings (SSSR count). The van der Waals surface area contributed by atoms with Crippen molar-refractivity contribution in [3.05, 3.63) is 87.0 Å². The second-order valence-corrected chi connectivity index (χ2v) is 6.53. The predicted molar refractivity (Wildman–Crippen MR) is 96.2 cm³/mol. The number of fused-ring (bicyclic) bond motifs is 1. The number of hydrogen-bond donors (Lipinski definition) is 2. The van der Waals surface area contributed by atoms with Gasteiger partial charge in [-0.2, -0.15) is 5.10 Å². The van der Waals surface area contributed by atoms with Gasteiger partial charge in [-0.05, 0) is 29.9 Å². The highest BCUT2D eigenvalue weighted by atomic mass is 16.2. The SMILES string of the molecule is O=c1[nH]cc(-c2cc([C@H]3C[C@@H]3c3ccccc3)c3nccn3n2)c(=O)[nH]1. The second kappa shape index (κ2) is 5.52. The molecule has 2 atom stereocenters. The lowest BCUT2D eigenvalue weighted by molar-refractivity contribution is 0.906. The van der Waals surface area contributed by atoms with Gasteiger partial charge in [0.05, 0.1) is 11.3 Å². The first kappa shape index (κ1) is 14.8. The average Bonchev–Trinajstić information content (AvgIpc) is 3.30. The highest BCUT2D eigenvalue weighted by Gasteiger charge is 2.41. The molecule has 1 fully saturated rings. The Labute approximate surface area is 147 Å². The van der Waals surface area contributed by atoms with E-state index in [1.165, 1.54) is 11.8 Å². The van der Waals surface area contributed by atoms with E-state index in [0.717, 1.165) is 17.6 Å². The van der Waals surface area contributed by atoms with E-state index in [2.05, 4.69) is 32.2 Å². The van der Waals surface area contributed by atoms with Crippen LogP contribution in [-0.2, 0) is 0 Å². The van der Waals surface area contributed by atoms with Crippen LogP contribution >= 0.6 is 0 Å². The molecular formula is C19H15N5O2. The van der Waals surface area contributed by atoms with E-state index in [0.29, 0.717) is 23.1 Å². The summed E-state index contributed by atoms with van der Waals surface area (Å²) in [5.41, 5.74) is 3.04. The number of hydrogen-bond acceptors (Lipinski definition) is 4. The quantitative estimate of drug-likeness (QED) is 0.594. The standard InChI is InChI=1S/C19H15N5O2/c25-18-15(10-21-19(26)22-18)16-9-14(17-20-6-7-24(17)23-16)13-8-12(13)11-4-2-1-3-5-11/h1-7,9-10,12-13H,8H2,(H2,21,22,25,26)/t12-,13+/m1/s1. The van der Waals surface area contributed by atoms with Crippen LogP contribution in [0.4, 0.5) is 0 Å². The van der Waals surface area contributed by atoms with Gasteiger partial charge in [-0.25, -0.2) is 14.3 Å². The first-order chi connectivity index (χ1) is 12.7. The van der Waals surface area contributed by atoms with Gasteiger partial charge in [0.15, 0.2) is 5.65 Å². The molecule has 7 nitrogen and oxygen atoms in total. The number of aromatic nitrogens is 5. The molecule has 0 saturated heterocycles. The molecule has 0 bridgehead atoms. The van der Waals surface area contributed by atoms with Crippen LogP contribution in [0, 0.1) is 0 Å². The fourth-order valence-corrected chi connectivity index (χ4v) is 3.55. The Morgan fingerprint density at radius 3 is 2.77 bits per heavy atom. The van der Waals surface area contributed by atoms with Gasteiger partial charge >= 0.3 is 5.69 Å². The van der Waals surface area contributed by atoms with Crippen LogP contribution in [0.25, 0.3) is 16.9 Å². The van der Waals surface area contributed by atoms with Crippen molar-refractivity contribution in [2.24, 2.45) is 0 Å². The van der Waals surface area contributed by atoms with Gasteiger partial charge in [-0.3, -0.25) is 9.78 Å². The van der Waals surface area contributed by atoms with Crippen LogP contribution in [0.5, 0.6) is 0 Å². The summed E-state index contributed by atoms with van der Waals surface area (Å²) in [5.74, 6) is 0.784. The zero-order valence-electron chi connectivity index (χ0n) is 13.7. The molecule has 128 valence electrons. The molecule has 26 heavy (non-hydrogen) atoms. The van der Waals surface area contributed by atoms with E-state index >= 15 is 0 Å². The van der Waals surface area contributed by atoms with Crippen molar-refractivity contribution in [3.8, 4) is 11.3 Å². The summed E-state index contributed by atoms with van der Waals surface area (Å²) in [6.45, 7) is 0. The van der Waals surface area contributed by atoms with Crippen LogP contribution < -0.4 is 11.2 Å². The minimum absolute atomic E-state index is 0.332. The Hall–Kier alpha value is -3.48. The third-order valence-corrected chi connectivity index (χ3v) is 4.90. The van der Waals surface area contributed by atoms with Crippen LogP contribution in [0.15, 0.2) is 64.6 Å². The number of rotatable bonds is 3. The van der Waals surface area contributed by atoms with Gasteiger partial charge in [0.25, 0.3) is 5.56 Å². The van der Waals surface area contributed by atoms with Crippen LogP contribution in [0.1, 0.15) is 29.4 Å². The molecule has 3 heterocycles. The first-order valence-corrected chi connectivity index (χ1v) is 8.42. The number of nitrogens with zero attached hydrogens (tertiary/aromatic N) is 3. The minimum Gasteiger partial charge on any atom is -0.313 e. The van der Waals surface area contributed by atoms with Gasteiger partial charge in [0.2, 0.25) is 0 Å². The summed E-state index contributed by atoms with van der Waals surface area (Å²) < 4.78 is 1.69. The lowest BCUT2D eigenvalue weighted by Crippen LogP contribution is -2.23. The zero-order valence-corrected chi connectivity index (χ0v) is 13.7. The fraction of sp³-hybridized carbons (Fsp3) is 0.158. The topological polar surface area (TPSA) is 95.9 Å². The fourth-order valence-electron chi connectivity index (χ4n) is 3.55. The summed E-state index contributed by atoms with van der Waals surface area (Å²) in [7, 11) is 0. The van der Waals surface area contributed by atoms with Gasteiger partial charge in [0.1, 0.15) is 0 Å². The van der Waals surface area contributed by atoms with E-state index in [1.807, 2.05) is 24.3 Å². The summed E-state index contributed by atoms with van der Waals surface area (Å²) in [6, 6.07) is 12.3. The monoisotopic (exact) mass is 345 g/mol. The molecule has 0 aliphatic heterocycles. The smallest absolute Gasteiger partial charge is 0.313 e. The maximum absolute atomic E-state index is 12.2. The van der Waals surface area contributed by atoms with Crippen molar-refractivity contribution in [1.82, 2.24) is 24.6 Å². The zero-order chi connectivity index (χ0) is 17.7. The molecule has 7 heteroatoms. The maximum atomic E-state index is 12.2. The van der Waals surface area contributed by atoms with E-state index in [-0.39, 0.29) is 0 Å². The van der Waals surface area contributed by atoms with Crippen molar-refractivity contribution in [2.75, 3.05) is 0 Å². The Morgan fingerprint density at radius 1 is 1.12 bits per heavy atom. The number of benzene rings is 1. The second-order valence-electron chi connectivity index (χ2n) is 6.53. The largest absolute Gasteiger partial charge is 0.325 e. The van der Waals surface area contributed by atoms with Crippen molar-refractivity contribution < 1.29 is 0 Å². The van der Waals surface area contributed by atoms with Crippen LogP contribution in [0.3, 0.4) is 0 Å². The van der Waals surface area contributed by atoms with Crippen molar-refractivity contribution in [1.29, 1.82) is 0 Å². The van der Waals surface area contributed by atoms with Gasteiger partial charge < -0.3 is 4.98 Å². The van der Waals surface area contributed by atoms with E-state index < -0.39 is 11.2 Å².